The number of hydrogen-bond donors (Lipinski definition) is 0. The summed E-state index contributed by atoms with van der Waals surface area (Å²) in [6, 6.07) is 13.8. The van der Waals surface area contributed by atoms with Crippen molar-refractivity contribution in [1.29, 1.82) is 0 Å². The maximum absolute atomic E-state index is 12.6. The Labute approximate surface area is 153 Å². The van der Waals surface area contributed by atoms with E-state index < -0.39 is 11.6 Å². The molecule has 0 aliphatic rings. The molecule has 0 spiro atoms. The zero-order valence-corrected chi connectivity index (χ0v) is 15.6. The van der Waals surface area contributed by atoms with E-state index in [-0.39, 0.29) is 0 Å². The lowest BCUT2D eigenvalue weighted by Gasteiger charge is -2.20. The number of esters is 1. The fourth-order valence-electron chi connectivity index (χ4n) is 2.74. The van der Waals surface area contributed by atoms with Gasteiger partial charge >= 0.3 is 5.97 Å². The summed E-state index contributed by atoms with van der Waals surface area (Å²) < 4.78 is 7.43. The van der Waals surface area contributed by atoms with Crippen LogP contribution in [-0.2, 0) is 11.3 Å². The van der Waals surface area contributed by atoms with Crippen LogP contribution in [0.25, 0.3) is 11.1 Å². The third kappa shape index (κ3) is 3.99. The lowest BCUT2D eigenvalue weighted by molar-refractivity contribution is 0.00639. The van der Waals surface area contributed by atoms with Crippen molar-refractivity contribution in [1.82, 2.24) is 14.8 Å². The fourth-order valence-corrected chi connectivity index (χ4v) is 2.74. The van der Waals surface area contributed by atoms with Gasteiger partial charge in [-0.3, -0.25) is 4.68 Å². The van der Waals surface area contributed by atoms with E-state index in [9.17, 15) is 4.79 Å². The Kier molecular flexibility index (Phi) is 4.89. The first-order valence-electron chi connectivity index (χ1n) is 8.60. The van der Waals surface area contributed by atoms with Crippen molar-refractivity contribution in [3.63, 3.8) is 0 Å². The molecule has 2 aromatic heterocycles. The first-order valence-corrected chi connectivity index (χ1v) is 8.60. The molecule has 0 saturated carbocycles. The highest BCUT2D eigenvalue weighted by molar-refractivity contribution is 5.95. The van der Waals surface area contributed by atoms with Gasteiger partial charge in [-0.15, -0.1) is 0 Å². The Morgan fingerprint density at radius 3 is 2.50 bits per heavy atom. The predicted octanol–water partition coefficient (Wildman–Crippen LogP) is 4.26. The second-order valence-electron chi connectivity index (χ2n) is 7.19. The van der Waals surface area contributed by atoms with Crippen molar-refractivity contribution in [2.75, 3.05) is 0 Å². The van der Waals surface area contributed by atoms with Gasteiger partial charge in [0.25, 0.3) is 0 Å². The Bertz CT molecular complexity index is 909. The summed E-state index contributed by atoms with van der Waals surface area (Å²) in [4.78, 5) is 16.8. The summed E-state index contributed by atoms with van der Waals surface area (Å²) in [6.45, 7) is 8.20. The van der Waals surface area contributed by atoms with Crippen LogP contribution in [0.4, 0.5) is 0 Å². The van der Waals surface area contributed by atoms with Crippen LogP contribution < -0.4 is 0 Å². The lowest BCUT2D eigenvalue weighted by Crippen LogP contribution is -2.24. The molecular formula is C21H23N3O2. The van der Waals surface area contributed by atoms with Crippen molar-refractivity contribution >= 4 is 5.97 Å². The molecule has 2 heterocycles. The van der Waals surface area contributed by atoms with Gasteiger partial charge in [0, 0.05) is 23.0 Å². The monoisotopic (exact) mass is 349 g/mol. The summed E-state index contributed by atoms with van der Waals surface area (Å²) in [6.07, 6.45) is 3.38. The highest BCUT2D eigenvalue weighted by Gasteiger charge is 2.23. The van der Waals surface area contributed by atoms with Crippen molar-refractivity contribution in [3.8, 4) is 11.1 Å². The molecule has 0 atom stereocenters. The molecule has 0 saturated heterocycles. The van der Waals surface area contributed by atoms with E-state index in [2.05, 4.69) is 22.2 Å². The van der Waals surface area contributed by atoms with Crippen molar-refractivity contribution in [2.24, 2.45) is 0 Å². The number of carbonyl (C=O) groups excluding carboxylic acids is 1. The van der Waals surface area contributed by atoms with E-state index in [1.807, 2.05) is 62.7 Å². The topological polar surface area (TPSA) is 57.0 Å². The Balaban J connectivity index is 1.94. The molecular weight excluding hydrogens is 326 g/mol. The number of hydrogen-bond acceptors (Lipinski definition) is 4. The third-order valence-corrected chi connectivity index (χ3v) is 3.97. The van der Waals surface area contributed by atoms with Gasteiger partial charge in [0.15, 0.2) is 5.69 Å². The molecule has 0 N–H and O–H groups in total. The summed E-state index contributed by atoms with van der Waals surface area (Å²) >= 11 is 0. The van der Waals surface area contributed by atoms with E-state index >= 15 is 0 Å². The fraction of sp³-hybridized carbons (Fsp3) is 0.286. The van der Waals surface area contributed by atoms with Crippen LogP contribution in [0, 0.1) is 6.92 Å². The van der Waals surface area contributed by atoms with Gasteiger partial charge in [0.05, 0.1) is 12.7 Å². The Morgan fingerprint density at radius 2 is 1.81 bits per heavy atom. The second-order valence-corrected chi connectivity index (χ2v) is 7.19. The average Bonchev–Trinajstić information content (AvgIpc) is 2.95. The zero-order chi connectivity index (χ0) is 18.7. The van der Waals surface area contributed by atoms with Gasteiger partial charge in [-0.1, -0.05) is 36.4 Å². The minimum atomic E-state index is -0.571. The minimum Gasteiger partial charge on any atom is -0.455 e. The molecule has 5 nitrogen and oxygen atoms in total. The summed E-state index contributed by atoms with van der Waals surface area (Å²) in [5.41, 5.74) is 3.51. The number of rotatable bonds is 4. The number of nitrogens with zero attached hydrogens (tertiary/aromatic N) is 3. The van der Waals surface area contributed by atoms with E-state index in [4.69, 9.17) is 4.74 Å². The Hall–Kier alpha value is -2.95. The molecule has 0 fully saturated rings. The van der Waals surface area contributed by atoms with Gasteiger partial charge in [-0.25, -0.2) is 9.78 Å². The molecule has 0 aliphatic carbocycles. The highest BCUT2D eigenvalue weighted by Crippen LogP contribution is 2.27. The first kappa shape index (κ1) is 17.9. The maximum atomic E-state index is 12.6. The normalized spacial score (nSPS) is 11.4. The van der Waals surface area contributed by atoms with Crippen molar-refractivity contribution < 1.29 is 9.53 Å². The molecule has 3 aromatic rings. The SMILES string of the molecule is Cc1c(-c2cccnc2C(=O)OC(C)(C)C)cnn1Cc1ccccc1. The Morgan fingerprint density at radius 1 is 1.08 bits per heavy atom. The summed E-state index contributed by atoms with van der Waals surface area (Å²) in [7, 11) is 0. The predicted molar refractivity (Wildman–Crippen MR) is 101 cm³/mol. The lowest BCUT2D eigenvalue weighted by atomic mass is 10.0. The minimum absolute atomic E-state index is 0.310. The summed E-state index contributed by atoms with van der Waals surface area (Å²) in [5, 5.41) is 4.50. The van der Waals surface area contributed by atoms with Gasteiger partial charge in [0.2, 0.25) is 0 Å². The van der Waals surface area contributed by atoms with E-state index in [1.165, 1.54) is 5.56 Å². The number of benzene rings is 1. The highest BCUT2D eigenvalue weighted by atomic mass is 16.6. The van der Waals surface area contributed by atoms with Crippen LogP contribution in [-0.4, -0.2) is 26.3 Å². The van der Waals surface area contributed by atoms with E-state index in [0.29, 0.717) is 12.2 Å². The largest absolute Gasteiger partial charge is 0.455 e. The number of carbonyl (C=O) groups is 1. The molecule has 0 aliphatic heterocycles. The zero-order valence-electron chi connectivity index (χ0n) is 15.6. The quantitative estimate of drug-likeness (QED) is 0.661. The molecule has 3 rings (SSSR count). The number of pyridine rings is 1. The molecule has 0 radical (unpaired) electrons. The van der Waals surface area contributed by atoms with Gasteiger partial charge in [0.1, 0.15) is 5.60 Å². The van der Waals surface area contributed by atoms with Crippen LogP contribution in [0.5, 0.6) is 0 Å². The van der Waals surface area contributed by atoms with E-state index in [0.717, 1.165) is 16.8 Å². The standard InChI is InChI=1S/C21H23N3O2/c1-15-18(13-23-24(15)14-16-9-6-5-7-10-16)17-11-8-12-22-19(17)20(25)26-21(2,3)4/h5-13H,14H2,1-4H3. The molecule has 0 bridgehead atoms. The van der Waals surface area contributed by atoms with Crippen molar-refractivity contribution in [2.45, 2.75) is 39.8 Å². The van der Waals surface area contributed by atoms with Gasteiger partial charge in [-0.05, 0) is 39.3 Å². The molecule has 26 heavy (non-hydrogen) atoms. The smallest absolute Gasteiger partial charge is 0.358 e. The maximum Gasteiger partial charge on any atom is 0.358 e. The summed E-state index contributed by atoms with van der Waals surface area (Å²) in [5.74, 6) is -0.427. The molecule has 1 aromatic carbocycles. The molecule has 0 amide bonds. The van der Waals surface area contributed by atoms with Crippen LogP contribution in [0.3, 0.4) is 0 Å². The molecule has 0 unspecified atom stereocenters. The van der Waals surface area contributed by atoms with Crippen LogP contribution in [0.1, 0.15) is 42.5 Å². The molecule has 5 heteroatoms. The average molecular weight is 349 g/mol. The van der Waals surface area contributed by atoms with E-state index in [1.54, 1.807) is 12.4 Å². The van der Waals surface area contributed by atoms with Crippen LogP contribution >= 0.6 is 0 Å². The molecule has 134 valence electrons. The second kappa shape index (κ2) is 7.12. The number of aromatic nitrogens is 3. The van der Waals surface area contributed by atoms with Gasteiger partial charge < -0.3 is 4.74 Å². The van der Waals surface area contributed by atoms with Crippen LogP contribution in [0.15, 0.2) is 54.9 Å². The first-order chi connectivity index (χ1) is 12.3. The number of ether oxygens (including phenoxy) is 1. The van der Waals surface area contributed by atoms with Crippen LogP contribution in [0.2, 0.25) is 0 Å². The third-order valence-electron chi connectivity index (χ3n) is 3.97. The van der Waals surface area contributed by atoms with Crippen molar-refractivity contribution in [3.05, 3.63) is 71.8 Å². The van der Waals surface area contributed by atoms with Gasteiger partial charge in [-0.2, -0.15) is 5.10 Å².